The van der Waals surface area contributed by atoms with Gasteiger partial charge in [-0.25, -0.2) is 0 Å². The first kappa shape index (κ1) is 14.6. The molecule has 1 aromatic heterocycles. The molecule has 0 saturated heterocycles. The molecule has 0 fully saturated rings. The molecule has 0 aliphatic heterocycles. The molecule has 0 bridgehead atoms. The predicted molar refractivity (Wildman–Crippen MR) is 84.7 cm³/mol. The summed E-state index contributed by atoms with van der Waals surface area (Å²) in [5, 5.41) is 11.0. The maximum atomic E-state index is 8.91. The quantitative estimate of drug-likeness (QED) is 0.883. The highest BCUT2D eigenvalue weighted by atomic mass is 32.1. The number of nitrogens with two attached hydrogens (primary N) is 1. The van der Waals surface area contributed by atoms with Gasteiger partial charge in [0, 0.05) is 23.2 Å². The number of nitrogens with zero attached hydrogens (tertiary/aromatic N) is 2. The SMILES string of the molecule is CC(N)C(c1cccs1)N(CCC#N)c1ccccc1. The molecule has 0 radical (unpaired) electrons. The first-order valence-corrected chi connectivity index (χ1v) is 7.59. The van der Waals surface area contributed by atoms with E-state index in [1.165, 1.54) is 4.88 Å². The summed E-state index contributed by atoms with van der Waals surface area (Å²) >= 11 is 1.71. The molecule has 2 atom stereocenters. The molecular formula is C16H19N3S. The Morgan fingerprint density at radius 3 is 2.55 bits per heavy atom. The van der Waals surface area contributed by atoms with E-state index >= 15 is 0 Å². The molecule has 3 nitrogen and oxygen atoms in total. The summed E-state index contributed by atoms with van der Waals surface area (Å²) in [5.74, 6) is 0. The zero-order valence-corrected chi connectivity index (χ0v) is 12.4. The number of hydrogen-bond acceptors (Lipinski definition) is 4. The van der Waals surface area contributed by atoms with Crippen molar-refractivity contribution in [2.45, 2.75) is 25.4 Å². The average molecular weight is 285 g/mol. The van der Waals surface area contributed by atoms with Gasteiger partial charge in [0.25, 0.3) is 0 Å². The molecule has 2 rings (SSSR count). The maximum absolute atomic E-state index is 8.91. The number of anilines is 1. The number of thiophene rings is 1. The summed E-state index contributed by atoms with van der Waals surface area (Å²) in [4.78, 5) is 3.47. The number of nitriles is 1. The molecule has 0 spiro atoms. The van der Waals surface area contributed by atoms with Gasteiger partial charge in [-0.2, -0.15) is 5.26 Å². The molecule has 1 heterocycles. The van der Waals surface area contributed by atoms with E-state index in [4.69, 9.17) is 11.0 Å². The van der Waals surface area contributed by atoms with Gasteiger partial charge in [0.15, 0.2) is 0 Å². The standard InChI is InChI=1S/C16H19N3S/c1-13(18)16(15-9-5-12-20-15)19(11-6-10-17)14-7-3-2-4-8-14/h2-5,7-9,12-13,16H,6,11,18H2,1H3. The van der Waals surface area contributed by atoms with Gasteiger partial charge < -0.3 is 10.6 Å². The highest BCUT2D eigenvalue weighted by molar-refractivity contribution is 7.10. The molecule has 104 valence electrons. The zero-order valence-electron chi connectivity index (χ0n) is 11.6. The van der Waals surface area contributed by atoms with Gasteiger partial charge in [0.1, 0.15) is 0 Å². The average Bonchev–Trinajstić information content (AvgIpc) is 2.97. The third-order valence-corrected chi connectivity index (χ3v) is 4.16. The van der Waals surface area contributed by atoms with Crippen molar-refractivity contribution in [2.75, 3.05) is 11.4 Å². The van der Waals surface area contributed by atoms with Gasteiger partial charge in [0.05, 0.1) is 18.5 Å². The van der Waals surface area contributed by atoms with Crippen LogP contribution in [0.4, 0.5) is 5.69 Å². The molecule has 0 aliphatic carbocycles. The van der Waals surface area contributed by atoms with Crippen molar-refractivity contribution in [3.8, 4) is 6.07 Å². The fourth-order valence-electron chi connectivity index (χ4n) is 2.37. The lowest BCUT2D eigenvalue weighted by atomic mass is 10.1. The molecule has 2 N–H and O–H groups in total. The second-order valence-electron chi connectivity index (χ2n) is 4.76. The molecule has 4 heteroatoms. The second kappa shape index (κ2) is 7.09. The van der Waals surface area contributed by atoms with Crippen LogP contribution in [0.25, 0.3) is 0 Å². The van der Waals surface area contributed by atoms with Crippen molar-refractivity contribution >= 4 is 17.0 Å². The molecular weight excluding hydrogens is 266 g/mol. The van der Waals surface area contributed by atoms with Crippen molar-refractivity contribution in [1.82, 2.24) is 0 Å². The lowest BCUT2D eigenvalue weighted by Gasteiger charge is -2.35. The van der Waals surface area contributed by atoms with E-state index in [0.717, 1.165) is 5.69 Å². The largest absolute Gasteiger partial charge is 0.361 e. The second-order valence-corrected chi connectivity index (χ2v) is 5.74. The van der Waals surface area contributed by atoms with Crippen LogP contribution in [0.1, 0.15) is 24.3 Å². The highest BCUT2D eigenvalue weighted by Gasteiger charge is 2.25. The first-order chi connectivity index (χ1) is 9.74. The van der Waals surface area contributed by atoms with E-state index in [1.807, 2.05) is 31.2 Å². The van der Waals surface area contributed by atoms with Gasteiger partial charge in [0.2, 0.25) is 0 Å². The summed E-state index contributed by atoms with van der Waals surface area (Å²) in [6.45, 7) is 2.71. The fraction of sp³-hybridized carbons (Fsp3) is 0.312. The van der Waals surface area contributed by atoms with Gasteiger partial charge in [-0.1, -0.05) is 24.3 Å². The summed E-state index contributed by atoms with van der Waals surface area (Å²) in [7, 11) is 0. The third-order valence-electron chi connectivity index (χ3n) is 3.22. The van der Waals surface area contributed by atoms with Crippen LogP contribution in [-0.4, -0.2) is 12.6 Å². The number of rotatable bonds is 6. The molecule has 0 saturated carbocycles. The third kappa shape index (κ3) is 3.38. The monoisotopic (exact) mass is 285 g/mol. The lowest BCUT2D eigenvalue weighted by Crippen LogP contribution is -2.39. The van der Waals surface area contributed by atoms with E-state index in [-0.39, 0.29) is 12.1 Å². The Labute approximate surface area is 124 Å². The molecule has 0 aliphatic rings. The Kier molecular flexibility index (Phi) is 5.16. The Hall–Kier alpha value is -1.83. The van der Waals surface area contributed by atoms with Crippen LogP contribution < -0.4 is 10.6 Å². The number of hydrogen-bond donors (Lipinski definition) is 1. The lowest BCUT2D eigenvalue weighted by molar-refractivity contribution is 0.539. The van der Waals surface area contributed by atoms with Crippen molar-refractivity contribution in [3.63, 3.8) is 0 Å². The molecule has 0 amide bonds. The minimum atomic E-state index is -0.00690. The van der Waals surface area contributed by atoms with Crippen molar-refractivity contribution in [2.24, 2.45) is 5.73 Å². The van der Waals surface area contributed by atoms with Gasteiger partial charge in [-0.05, 0) is 30.5 Å². The van der Waals surface area contributed by atoms with E-state index in [2.05, 4.69) is 34.5 Å². The molecule has 2 aromatic rings. The maximum Gasteiger partial charge on any atom is 0.0783 e. The van der Waals surface area contributed by atoms with Gasteiger partial charge in [-0.15, -0.1) is 11.3 Å². The Balaban J connectivity index is 2.35. The number of para-hydroxylation sites is 1. The first-order valence-electron chi connectivity index (χ1n) is 6.71. The minimum absolute atomic E-state index is 0.00690. The van der Waals surface area contributed by atoms with Gasteiger partial charge >= 0.3 is 0 Å². The Morgan fingerprint density at radius 1 is 1.25 bits per heavy atom. The van der Waals surface area contributed by atoms with Crippen LogP contribution in [0.5, 0.6) is 0 Å². The van der Waals surface area contributed by atoms with Crippen molar-refractivity contribution in [1.29, 1.82) is 5.26 Å². The van der Waals surface area contributed by atoms with E-state index in [9.17, 15) is 0 Å². The van der Waals surface area contributed by atoms with Crippen molar-refractivity contribution in [3.05, 3.63) is 52.7 Å². The normalized spacial score (nSPS) is 13.4. The molecule has 20 heavy (non-hydrogen) atoms. The summed E-state index contributed by atoms with van der Waals surface area (Å²) in [6.07, 6.45) is 0.490. The van der Waals surface area contributed by atoms with E-state index in [0.29, 0.717) is 13.0 Å². The highest BCUT2D eigenvalue weighted by Crippen LogP contribution is 2.31. The molecule has 2 unspecified atom stereocenters. The summed E-state index contributed by atoms with van der Waals surface area (Å²) < 4.78 is 0. The summed E-state index contributed by atoms with van der Waals surface area (Å²) in [6, 6.07) is 16.6. The zero-order chi connectivity index (χ0) is 14.4. The summed E-state index contributed by atoms with van der Waals surface area (Å²) in [5.41, 5.74) is 7.33. The van der Waals surface area contributed by atoms with Crippen LogP contribution in [0.2, 0.25) is 0 Å². The van der Waals surface area contributed by atoms with E-state index in [1.54, 1.807) is 11.3 Å². The van der Waals surface area contributed by atoms with Crippen LogP contribution >= 0.6 is 11.3 Å². The van der Waals surface area contributed by atoms with Crippen LogP contribution in [0.3, 0.4) is 0 Å². The van der Waals surface area contributed by atoms with Crippen molar-refractivity contribution < 1.29 is 0 Å². The smallest absolute Gasteiger partial charge is 0.0783 e. The van der Waals surface area contributed by atoms with Crippen LogP contribution in [-0.2, 0) is 0 Å². The van der Waals surface area contributed by atoms with Gasteiger partial charge in [-0.3, -0.25) is 0 Å². The van der Waals surface area contributed by atoms with Crippen LogP contribution in [0, 0.1) is 11.3 Å². The van der Waals surface area contributed by atoms with E-state index < -0.39 is 0 Å². The molecule has 1 aromatic carbocycles. The Morgan fingerprint density at radius 2 is 2.00 bits per heavy atom. The number of benzene rings is 1. The van der Waals surface area contributed by atoms with Crippen LogP contribution in [0.15, 0.2) is 47.8 Å². The predicted octanol–water partition coefficient (Wildman–Crippen LogP) is 3.56. The topological polar surface area (TPSA) is 53.0 Å². The Bertz CT molecular complexity index is 543. The minimum Gasteiger partial charge on any atom is -0.361 e. The fourth-order valence-corrected chi connectivity index (χ4v) is 3.33.